The van der Waals surface area contributed by atoms with Crippen LogP contribution in [0.3, 0.4) is 0 Å². The lowest BCUT2D eigenvalue weighted by Gasteiger charge is -2.55. The Kier molecular flexibility index (Phi) is 4.93. The van der Waals surface area contributed by atoms with Crippen molar-refractivity contribution in [3.63, 3.8) is 0 Å². The first-order valence-electron chi connectivity index (χ1n) is 10.3. The number of piperidine rings is 1. The number of rotatable bonds is 5. The first-order chi connectivity index (χ1) is 13.0. The third-order valence-corrected chi connectivity index (χ3v) is 7.70. The maximum absolute atomic E-state index is 11.6. The van der Waals surface area contributed by atoms with Gasteiger partial charge >= 0.3 is 5.97 Å². The molecule has 2 aliphatic heterocycles. The molecule has 5 heteroatoms. The Morgan fingerprint density at radius 2 is 2.19 bits per heavy atom. The molecule has 2 fully saturated rings. The molecule has 2 heterocycles. The van der Waals surface area contributed by atoms with Gasteiger partial charge in [0.15, 0.2) is 0 Å². The molecule has 0 amide bonds. The second-order valence-corrected chi connectivity index (χ2v) is 8.75. The Hall–Kier alpha value is -1.59. The topological polar surface area (TPSA) is 53.0 Å². The van der Waals surface area contributed by atoms with Gasteiger partial charge in [-0.2, -0.15) is 0 Å². The number of fused-ring (bicyclic) bond motifs is 4. The summed E-state index contributed by atoms with van der Waals surface area (Å²) in [5, 5.41) is 9.54. The van der Waals surface area contributed by atoms with E-state index in [1.807, 2.05) is 0 Å². The minimum atomic E-state index is -0.662. The van der Waals surface area contributed by atoms with E-state index in [-0.39, 0.29) is 11.5 Å². The van der Waals surface area contributed by atoms with Gasteiger partial charge < -0.3 is 14.7 Å². The van der Waals surface area contributed by atoms with E-state index < -0.39 is 5.97 Å². The highest BCUT2D eigenvalue weighted by atomic mass is 16.5. The lowest BCUT2D eigenvalue weighted by Crippen LogP contribution is -2.58. The van der Waals surface area contributed by atoms with E-state index in [0.717, 1.165) is 57.5 Å². The van der Waals surface area contributed by atoms with Crippen molar-refractivity contribution in [2.45, 2.75) is 56.5 Å². The van der Waals surface area contributed by atoms with Crippen molar-refractivity contribution < 1.29 is 14.6 Å². The molecule has 0 saturated carbocycles. The average molecular weight is 373 g/mol. The molecule has 4 atom stereocenters. The molecular weight excluding hydrogens is 340 g/mol. The number of likely N-dealkylation sites (N-methyl/N-ethyl adjacent to an activating group) is 1. The SMILES string of the molecule is COc1ccc2c(c1)C1(CCN3CCC[C@@H]3C(=O)O)CCN(C)[C@H](C2)[C@@H]1C. The summed E-state index contributed by atoms with van der Waals surface area (Å²) in [4.78, 5) is 16.3. The van der Waals surface area contributed by atoms with Crippen LogP contribution in [0.4, 0.5) is 0 Å². The third kappa shape index (κ3) is 3.05. The Morgan fingerprint density at radius 3 is 2.93 bits per heavy atom. The highest BCUT2D eigenvalue weighted by Gasteiger charge is 2.50. The van der Waals surface area contributed by atoms with Crippen molar-refractivity contribution in [3.05, 3.63) is 29.3 Å². The molecule has 27 heavy (non-hydrogen) atoms. The van der Waals surface area contributed by atoms with Crippen LogP contribution >= 0.6 is 0 Å². The number of benzene rings is 1. The van der Waals surface area contributed by atoms with E-state index in [4.69, 9.17) is 4.74 Å². The van der Waals surface area contributed by atoms with Crippen LogP contribution in [0.15, 0.2) is 18.2 Å². The molecule has 0 spiro atoms. The second-order valence-electron chi connectivity index (χ2n) is 8.75. The number of nitrogens with zero attached hydrogens (tertiary/aromatic N) is 2. The van der Waals surface area contributed by atoms with Crippen molar-refractivity contribution in [1.29, 1.82) is 0 Å². The summed E-state index contributed by atoms with van der Waals surface area (Å²) in [7, 11) is 3.99. The second kappa shape index (κ2) is 7.10. The van der Waals surface area contributed by atoms with Crippen LogP contribution in [-0.2, 0) is 16.6 Å². The van der Waals surface area contributed by atoms with E-state index in [9.17, 15) is 9.90 Å². The third-order valence-electron chi connectivity index (χ3n) is 7.70. The van der Waals surface area contributed by atoms with Gasteiger partial charge in [-0.15, -0.1) is 0 Å². The van der Waals surface area contributed by atoms with Crippen LogP contribution in [0.25, 0.3) is 0 Å². The minimum Gasteiger partial charge on any atom is -0.497 e. The zero-order chi connectivity index (χ0) is 19.2. The summed E-state index contributed by atoms with van der Waals surface area (Å²) in [6.07, 6.45) is 5.04. The maximum atomic E-state index is 11.6. The fraction of sp³-hybridized carbons (Fsp3) is 0.682. The molecule has 2 saturated heterocycles. The van der Waals surface area contributed by atoms with Gasteiger partial charge in [-0.3, -0.25) is 9.69 Å². The molecule has 5 nitrogen and oxygen atoms in total. The summed E-state index contributed by atoms with van der Waals surface area (Å²) in [6.45, 7) is 5.29. The standard InChI is InChI=1S/C22H32N2O3/c1-15-20-13-16-6-7-17(27-3)14-18(16)22(15,8-11-23(20)2)9-12-24-10-4-5-19(24)21(25)26/h6-7,14-15,19-20H,4-5,8-13H2,1-3H3,(H,25,26)/t15-,19+,20+,22?/m0/s1. The highest BCUT2D eigenvalue weighted by molar-refractivity contribution is 5.73. The molecule has 3 aliphatic rings. The summed E-state index contributed by atoms with van der Waals surface area (Å²) in [6, 6.07) is 6.85. The number of carbonyl (C=O) groups is 1. The van der Waals surface area contributed by atoms with Gasteiger partial charge in [0, 0.05) is 11.5 Å². The Morgan fingerprint density at radius 1 is 1.37 bits per heavy atom. The summed E-state index contributed by atoms with van der Waals surface area (Å²) in [5.74, 6) is 0.828. The van der Waals surface area contributed by atoms with Gasteiger partial charge in [0.05, 0.1) is 7.11 Å². The smallest absolute Gasteiger partial charge is 0.320 e. The Balaban J connectivity index is 1.67. The predicted octanol–water partition coefficient (Wildman–Crippen LogP) is 2.77. The Bertz CT molecular complexity index is 722. The number of hydrogen-bond donors (Lipinski definition) is 1. The largest absolute Gasteiger partial charge is 0.497 e. The molecule has 0 aromatic heterocycles. The first kappa shape index (κ1) is 18.8. The van der Waals surface area contributed by atoms with Crippen LogP contribution in [0.5, 0.6) is 5.75 Å². The molecule has 1 aromatic carbocycles. The first-order valence-corrected chi connectivity index (χ1v) is 10.3. The molecule has 1 N–H and O–H groups in total. The molecule has 1 aromatic rings. The molecular formula is C22H32N2O3. The molecule has 4 rings (SSSR count). The van der Waals surface area contributed by atoms with Crippen molar-refractivity contribution in [3.8, 4) is 5.75 Å². The van der Waals surface area contributed by atoms with E-state index in [1.54, 1.807) is 7.11 Å². The summed E-state index contributed by atoms with van der Waals surface area (Å²) < 4.78 is 5.55. The van der Waals surface area contributed by atoms with Crippen LogP contribution in [0.2, 0.25) is 0 Å². The fourth-order valence-electron chi connectivity index (χ4n) is 5.99. The van der Waals surface area contributed by atoms with Crippen LogP contribution in [0, 0.1) is 5.92 Å². The zero-order valence-corrected chi connectivity index (χ0v) is 16.8. The van der Waals surface area contributed by atoms with Gasteiger partial charge in [-0.25, -0.2) is 0 Å². The fourth-order valence-corrected chi connectivity index (χ4v) is 5.99. The van der Waals surface area contributed by atoms with E-state index in [1.165, 1.54) is 11.1 Å². The lowest BCUT2D eigenvalue weighted by atomic mass is 9.56. The quantitative estimate of drug-likeness (QED) is 0.861. The molecule has 148 valence electrons. The normalized spacial score (nSPS) is 33.7. The van der Waals surface area contributed by atoms with Gasteiger partial charge in [-0.05, 0) is 88.0 Å². The monoisotopic (exact) mass is 372 g/mol. The lowest BCUT2D eigenvalue weighted by molar-refractivity contribution is -0.142. The molecule has 2 bridgehead atoms. The number of carboxylic acids is 1. The van der Waals surface area contributed by atoms with E-state index >= 15 is 0 Å². The highest BCUT2D eigenvalue weighted by Crippen LogP contribution is 2.51. The Labute approximate surface area is 162 Å². The average Bonchev–Trinajstić information content (AvgIpc) is 3.13. The van der Waals surface area contributed by atoms with Gasteiger partial charge in [-0.1, -0.05) is 13.0 Å². The summed E-state index contributed by atoms with van der Waals surface area (Å²) in [5.41, 5.74) is 3.01. The molecule has 1 aliphatic carbocycles. The van der Waals surface area contributed by atoms with Crippen LogP contribution in [-0.4, -0.2) is 66.8 Å². The van der Waals surface area contributed by atoms with Gasteiger partial charge in [0.2, 0.25) is 0 Å². The zero-order valence-electron chi connectivity index (χ0n) is 16.8. The van der Waals surface area contributed by atoms with Crippen molar-refractivity contribution >= 4 is 5.97 Å². The number of hydrogen-bond acceptors (Lipinski definition) is 4. The molecule has 0 radical (unpaired) electrons. The minimum absolute atomic E-state index is 0.116. The van der Waals surface area contributed by atoms with Gasteiger partial charge in [0.25, 0.3) is 0 Å². The maximum Gasteiger partial charge on any atom is 0.320 e. The van der Waals surface area contributed by atoms with Crippen LogP contribution < -0.4 is 4.74 Å². The van der Waals surface area contributed by atoms with E-state index in [2.05, 4.69) is 42.0 Å². The van der Waals surface area contributed by atoms with Gasteiger partial charge in [0.1, 0.15) is 11.8 Å². The number of likely N-dealkylation sites (tertiary alicyclic amines) is 2. The number of aliphatic carboxylic acids is 1. The van der Waals surface area contributed by atoms with Crippen molar-refractivity contribution in [1.82, 2.24) is 9.80 Å². The van der Waals surface area contributed by atoms with Crippen molar-refractivity contribution in [2.75, 3.05) is 33.8 Å². The number of methoxy groups -OCH3 is 1. The molecule has 1 unspecified atom stereocenters. The number of ether oxygens (including phenoxy) is 1. The summed E-state index contributed by atoms with van der Waals surface area (Å²) >= 11 is 0. The number of carboxylic acid groups (broad SMARTS) is 1. The van der Waals surface area contributed by atoms with Crippen LogP contribution in [0.1, 0.15) is 43.7 Å². The van der Waals surface area contributed by atoms with E-state index in [0.29, 0.717) is 12.0 Å². The van der Waals surface area contributed by atoms with Crippen molar-refractivity contribution in [2.24, 2.45) is 5.92 Å². The predicted molar refractivity (Wildman–Crippen MR) is 105 cm³/mol.